The van der Waals surface area contributed by atoms with Crippen LogP contribution >= 0.6 is 11.3 Å². The molecule has 6 nitrogen and oxygen atoms in total. The minimum absolute atomic E-state index is 0.234. The molecule has 1 aliphatic carbocycles. The molecule has 0 bridgehead atoms. The number of thiophene rings is 1. The zero-order valence-corrected chi connectivity index (χ0v) is 15.9. The average Bonchev–Trinajstić information content (AvgIpc) is 3.10. The number of hydrogen-bond donors (Lipinski definition) is 2. The third-order valence-electron chi connectivity index (χ3n) is 4.63. The van der Waals surface area contributed by atoms with E-state index in [9.17, 15) is 9.59 Å². The molecule has 3 rings (SSSR count). The van der Waals surface area contributed by atoms with Gasteiger partial charge in [0.15, 0.2) is 6.61 Å². The first-order valence-corrected chi connectivity index (χ1v) is 9.77. The van der Waals surface area contributed by atoms with Crippen molar-refractivity contribution in [3.8, 4) is 5.75 Å². The molecule has 0 saturated heterocycles. The molecule has 0 aliphatic heterocycles. The van der Waals surface area contributed by atoms with Crippen LogP contribution < -0.4 is 10.2 Å². The Kier molecular flexibility index (Phi) is 6.24. The molecule has 1 heterocycles. The van der Waals surface area contributed by atoms with E-state index in [4.69, 9.17) is 9.84 Å². The van der Waals surface area contributed by atoms with Gasteiger partial charge < -0.3 is 9.84 Å². The highest BCUT2D eigenvalue weighted by Gasteiger charge is 2.21. The molecule has 0 fully saturated rings. The Morgan fingerprint density at radius 1 is 1.41 bits per heavy atom. The molecular weight excluding hydrogens is 364 g/mol. The second kappa shape index (κ2) is 8.81. The number of amides is 1. The molecule has 2 N–H and O–H groups in total. The lowest BCUT2D eigenvalue weighted by atomic mass is 9.87. The van der Waals surface area contributed by atoms with Crippen LogP contribution in [-0.4, -0.2) is 29.8 Å². The Morgan fingerprint density at radius 3 is 3.00 bits per heavy atom. The van der Waals surface area contributed by atoms with Crippen LogP contribution in [0.15, 0.2) is 35.4 Å². The van der Waals surface area contributed by atoms with Crippen molar-refractivity contribution in [1.82, 2.24) is 5.43 Å². The number of benzene rings is 1. The van der Waals surface area contributed by atoms with Crippen LogP contribution in [0.4, 0.5) is 0 Å². The maximum atomic E-state index is 12.4. The summed E-state index contributed by atoms with van der Waals surface area (Å²) in [7, 11) is 0. The van der Waals surface area contributed by atoms with Crippen LogP contribution in [-0.2, 0) is 17.6 Å². The number of fused-ring (bicyclic) bond motifs is 1. The highest BCUT2D eigenvalue weighted by Crippen LogP contribution is 2.33. The van der Waals surface area contributed by atoms with Gasteiger partial charge in [-0.15, -0.1) is 11.3 Å². The van der Waals surface area contributed by atoms with E-state index in [0.717, 1.165) is 12.8 Å². The van der Waals surface area contributed by atoms with Gasteiger partial charge in [-0.3, -0.25) is 4.79 Å². The van der Waals surface area contributed by atoms with Crippen LogP contribution in [0.25, 0.3) is 0 Å². The van der Waals surface area contributed by atoms with E-state index < -0.39 is 12.6 Å². The lowest BCUT2D eigenvalue weighted by molar-refractivity contribution is -0.139. The summed E-state index contributed by atoms with van der Waals surface area (Å²) in [4.78, 5) is 25.0. The number of hydrogen-bond acceptors (Lipinski definition) is 5. The average molecular weight is 386 g/mol. The van der Waals surface area contributed by atoms with E-state index in [0.29, 0.717) is 22.1 Å². The summed E-state index contributed by atoms with van der Waals surface area (Å²) in [6, 6.07) is 8.91. The molecule has 1 aromatic carbocycles. The maximum Gasteiger partial charge on any atom is 0.341 e. The van der Waals surface area contributed by atoms with E-state index in [1.165, 1.54) is 29.5 Å². The second-order valence-electron chi connectivity index (χ2n) is 6.50. The number of aliphatic carboxylic acids is 1. The lowest BCUT2D eigenvalue weighted by Crippen LogP contribution is -2.16. The third-order valence-corrected chi connectivity index (χ3v) is 5.86. The second-order valence-corrected chi connectivity index (χ2v) is 7.63. The van der Waals surface area contributed by atoms with Gasteiger partial charge in [0.05, 0.1) is 11.1 Å². The lowest BCUT2D eigenvalue weighted by Gasteiger charge is -2.19. The van der Waals surface area contributed by atoms with Crippen molar-refractivity contribution >= 4 is 29.4 Å². The molecule has 27 heavy (non-hydrogen) atoms. The number of carboxylic acid groups (broad SMARTS) is 1. The zero-order valence-electron chi connectivity index (χ0n) is 15.1. The number of ether oxygens (including phenoxy) is 1. The number of para-hydroxylation sites is 1. The summed E-state index contributed by atoms with van der Waals surface area (Å²) in [6.45, 7) is 1.78. The summed E-state index contributed by atoms with van der Waals surface area (Å²) in [5.74, 6) is -0.178. The van der Waals surface area contributed by atoms with E-state index in [1.54, 1.807) is 35.6 Å². The van der Waals surface area contributed by atoms with Crippen molar-refractivity contribution in [2.24, 2.45) is 11.0 Å². The first kappa shape index (κ1) is 19.1. The van der Waals surface area contributed by atoms with Crippen molar-refractivity contribution in [2.45, 2.75) is 32.6 Å². The van der Waals surface area contributed by atoms with E-state index >= 15 is 0 Å². The van der Waals surface area contributed by atoms with Crippen molar-refractivity contribution < 1.29 is 19.4 Å². The van der Waals surface area contributed by atoms with Gasteiger partial charge in [0.1, 0.15) is 5.75 Å². The first-order valence-electron chi connectivity index (χ1n) is 8.95. The molecular formula is C20H22N2O4S. The topological polar surface area (TPSA) is 88.0 Å². The normalized spacial score (nSPS) is 16.1. The number of rotatable bonds is 7. The molecule has 0 spiro atoms. The maximum absolute atomic E-state index is 12.4. The van der Waals surface area contributed by atoms with Crippen LogP contribution in [0.3, 0.4) is 0 Å². The standard InChI is InChI=1S/C20H22N2O4S/c1-2-13-7-8-17-15(9-13)10-18(27-17)20(25)22-21-11-14-5-3-4-6-16(14)26-12-19(23)24/h3-6,10-11,13H,2,7-9,12H2,1H3,(H,22,25)(H,23,24)/b21-11-/t13-/m0/s1. The number of hydrazone groups is 1. The molecule has 0 unspecified atom stereocenters. The Morgan fingerprint density at radius 2 is 2.22 bits per heavy atom. The highest BCUT2D eigenvalue weighted by atomic mass is 32.1. The molecule has 7 heteroatoms. The fourth-order valence-electron chi connectivity index (χ4n) is 3.13. The summed E-state index contributed by atoms with van der Waals surface area (Å²) < 4.78 is 5.22. The van der Waals surface area contributed by atoms with Crippen LogP contribution in [0, 0.1) is 5.92 Å². The Balaban J connectivity index is 1.63. The van der Waals surface area contributed by atoms with E-state index in [-0.39, 0.29) is 5.91 Å². The van der Waals surface area contributed by atoms with Crippen LogP contribution in [0.1, 0.15) is 45.4 Å². The monoisotopic (exact) mass is 386 g/mol. The fraction of sp³-hybridized carbons (Fsp3) is 0.350. The number of carbonyl (C=O) groups excluding carboxylic acids is 1. The molecule has 1 atom stereocenters. The number of nitrogens with zero attached hydrogens (tertiary/aromatic N) is 1. The fourth-order valence-corrected chi connectivity index (χ4v) is 4.23. The number of nitrogens with one attached hydrogen (secondary N) is 1. The van der Waals surface area contributed by atoms with Gasteiger partial charge in [-0.2, -0.15) is 5.10 Å². The molecule has 1 aliphatic rings. The molecule has 1 aromatic heterocycles. The zero-order chi connectivity index (χ0) is 19.2. The van der Waals surface area contributed by atoms with Crippen LogP contribution in [0.5, 0.6) is 5.75 Å². The molecule has 1 amide bonds. The predicted octanol–water partition coefficient (Wildman–Crippen LogP) is 3.49. The number of carboxylic acids is 1. The van der Waals surface area contributed by atoms with Crippen molar-refractivity contribution in [1.29, 1.82) is 0 Å². The quantitative estimate of drug-likeness (QED) is 0.563. The minimum Gasteiger partial charge on any atom is -0.481 e. The van der Waals surface area contributed by atoms with Gasteiger partial charge >= 0.3 is 5.97 Å². The van der Waals surface area contributed by atoms with Crippen LogP contribution in [0.2, 0.25) is 0 Å². The van der Waals surface area contributed by atoms with Crippen molar-refractivity contribution in [2.75, 3.05) is 6.61 Å². The highest BCUT2D eigenvalue weighted by molar-refractivity contribution is 7.14. The Hall–Kier alpha value is -2.67. The van der Waals surface area contributed by atoms with Gasteiger partial charge in [-0.05, 0) is 48.9 Å². The van der Waals surface area contributed by atoms with Gasteiger partial charge in [0, 0.05) is 10.4 Å². The smallest absolute Gasteiger partial charge is 0.341 e. The van der Waals surface area contributed by atoms with E-state index in [1.807, 2.05) is 6.07 Å². The summed E-state index contributed by atoms with van der Waals surface area (Å²) in [5.41, 5.74) is 4.43. The molecule has 142 valence electrons. The minimum atomic E-state index is -1.05. The van der Waals surface area contributed by atoms with Gasteiger partial charge in [0.25, 0.3) is 5.91 Å². The Labute approximate surface area is 161 Å². The van der Waals surface area contributed by atoms with Crippen molar-refractivity contribution in [3.05, 3.63) is 51.2 Å². The first-order chi connectivity index (χ1) is 13.1. The number of carbonyl (C=O) groups is 2. The SMILES string of the molecule is CC[C@H]1CCc2sc(C(=O)N/N=C\c3ccccc3OCC(=O)O)cc2C1. The van der Waals surface area contributed by atoms with Crippen molar-refractivity contribution in [3.63, 3.8) is 0 Å². The van der Waals surface area contributed by atoms with Gasteiger partial charge in [0.2, 0.25) is 0 Å². The summed E-state index contributed by atoms with van der Waals surface area (Å²) in [5, 5.41) is 12.7. The molecule has 0 radical (unpaired) electrons. The van der Waals surface area contributed by atoms with Gasteiger partial charge in [-0.25, -0.2) is 10.2 Å². The molecule has 0 saturated carbocycles. The van der Waals surface area contributed by atoms with E-state index in [2.05, 4.69) is 17.5 Å². The molecule has 2 aromatic rings. The summed E-state index contributed by atoms with van der Waals surface area (Å²) >= 11 is 1.54. The largest absolute Gasteiger partial charge is 0.481 e. The number of aryl methyl sites for hydroxylation is 1. The summed E-state index contributed by atoms with van der Waals surface area (Å²) in [6.07, 6.45) is 5.91. The van der Waals surface area contributed by atoms with Gasteiger partial charge in [-0.1, -0.05) is 25.5 Å². The Bertz CT molecular complexity index is 859. The third kappa shape index (κ3) is 4.95. The predicted molar refractivity (Wildman–Crippen MR) is 105 cm³/mol.